The maximum atomic E-state index is 13.3. The van der Waals surface area contributed by atoms with Crippen LogP contribution in [0, 0.1) is 13.8 Å². The first-order valence-electron chi connectivity index (χ1n) is 10.7. The third kappa shape index (κ3) is 4.70. The van der Waals surface area contributed by atoms with Crippen molar-refractivity contribution < 1.29 is 9.53 Å². The van der Waals surface area contributed by atoms with E-state index in [0.717, 1.165) is 38.8 Å². The molecule has 1 aromatic heterocycles. The van der Waals surface area contributed by atoms with Gasteiger partial charge >= 0.3 is 5.69 Å². The van der Waals surface area contributed by atoms with Crippen molar-refractivity contribution in [3.05, 3.63) is 91.8 Å². The van der Waals surface area contributed by atoms with Gasteiger partial charge in [0.2, 0.25) is 5.69 Å². The molecule has 1 atom stereocenters. The fourth-order valence-corrected chi connectivity index (χ4v) is 3.90. The Kier molecular flexibility index (Phi) is 6.32. The summed E-state index contributed by atoms with van der Waals surface area (Å²) < 4.78 is 7.72. The zero-order valence-corrected chi connectivity index (χ0v) is 18.2. The molecule has 1 aliphatic heterocycles. The van der Waals surface area contributed by atoms with Crippen LogP contribution in [-0.2, 0) is 11.3 Å². The van der Waals surface area contributed by atoms with Crippen LogP contribution >= 0.6 is 0 Å². The molecule has 1 saturated heterocycles. The van der Waals surface area contributed by atoms with Crippen LogP contribution in [0.2, 0.25) is 0 Å². The van der Waals surface area contributed by atoms with E-state index in [2.05, 4.69) is 10.4 Å². The molecular weight excluding hydrogens is 408 g/mol. The average molecular weight is 434 g/mol. The van der Waals surface area contributed by atoms with Gasteiger partial charge in [-0.05, 0) is 55.5 Å². The van der Waals surface area contributed by atoms with E-state index in [1.165, 1.54) is 0 Å². The number of nitrogens with one attached hydrogen (secondary N) is 1. The summed E-state index contributed by atoms with van der Waals surface area (Å²) in [6, 6.07) is 14.7. The van der Waals surface area contributed by atoms with E-state index in [4.69, 9.17) is 4.74 Å². The van der Waals surface area contributed by atoms with Gasteiger partial charge in [0.25, 0.3) is 11.5 Å². The molecule has 0 bridgehead atoms. The third-order valence-electron chi connectivity index (χ3n) is 5.42. The maximum Gasteiger partial charge on any atom is 0.352 e. The summed E-state index contributed by atoms with van der Waals surface area (Å²) in [7, 11) is 0. The first kappa shape index (κ1) is 21.7. The van der Waals surface area contributed by atoms with Crippen molar-refractivity contribution >= 4 is 5.91 Å². The molecular formula is C24H26N4O4. The minimum absolute atomic E-state index is 0.0395. The summed E-state index contributed by atoms with van der Waals surface area (Å²) in [5, 5.41) is 6.93. The monoisotopic (exact) mass is 434 g/mol. The van der Waals surface area contributed by atoms with Crippen molar-refractivity contribution in [2.45, 2.75) is 39.3 Å². The van der Waals surface area contributed by atoms with Crippen LogP contribution in [0.1, 0.15) is 40.0 Å². The second-order valence-electron chi connectivity index (χ2n) is 8.11. The number of hydrogen-bond donors (Lipinski definition) is 1. The molecule has 3 aromatic rings. The van der Waals surface area contributed by atoms with Crippen LogP contribution in [0.4, 0.5) is 0 Å². The van der Waals surface area contributed by atoms with Crippen LogP contribution in [0.5, 0.6) is 0 Å². The Morgan fingerprint density at radius 3 is 2.50 bits per heavy atom. The van der Waals surface area contributed by atoms with Crippen LogP contribution < -0.4 is 16.6 Å². The summed E-state index contributed by atoms with van der Waals surface area (Å²) in [6.45, 7) is 4.83. The maximum absolute atomic E-state index is 13.3. The van der Waals surface area contributed by atoms with Gasteiger partial charge in [-0.15, -0.1) is 0 Å². The van der Waals surface area contributed by atoms with E-state index >= 15 is 0 Å². The number of carbonyl (C=O) groups excluding carboxylic acids is 1. The predicted octanol–water partition coefficient (Wildman–Crippen LogP) is 1.97. The Morgan fingerprint density at radius 1 is 1.12 bits per heavy atom. The number of nitrogens with zero attached hydrogens (tertiary/aromatic N) is 3. The Bertz CT molecular complexity index is 1220. The van der Waals surface area contributed by atoms with Crippen molar-refractivity contribution in [2.75, 3.05) is 13.2 Å². The van der Waals surface area contributed by atoms with Gasteiger partial charge in [0, 0.05) is 13.2 Å². The molecule has 2 heterocycles. The van der Waals surface area contributed by atoms with Crippen LogP contribution in [0.3, 0.4) is 0 Å². The molecule has 1 fully saturated rings. The molecule has 0 saturated carbocycles. The van der Waals surface area contributed by atoms with Gasteiger partial charge in [-0.2, -0.15) is 9.78 Å². The number of carbonyl (C=O) groups is 1. The summed E-state index contributed by atoms with van der Waals surface area (Å²) in [5.74, 6) is -0.620. The molecule has 0 radical (unpaired) electrons. The number of ether oxygens (including phenoxy) is 1. The Morgan fingerprint density at radius 2 is 1.84 bits per heavy atom. The molecule has 2 aromatic carbocycles. The Balaban J connectivity index is 1.79. The van der Waals surface area contributed by atoms with Crippen molar-refractivity contribution in [1.29, 1.82) is 0 Å². The standard InChI is InChI=1S/C24H26N4O4/c1-16-11-17(2)13-19(12-16)28-24(31)27(15-18-7-4-3-5-8-18)23(30)21(26-28)22(29)25-14-20-9-6-10-32-20/h3-5,7-8,11-13,20H,6,9-10,14-15H2,1-2H3,(H,25,29). The van der Waals surface area contributed by atoms with Crippen LogP contribution in [-0.4, -0.2) is 39.5 Å². The van der Waals surface area contributed by atoms with E-state index in [1.54, 1.807) is 12.1 Å². The lowest BCUT2D eigenvalue weighted by Gasteiger charge is -2.14. The Hall–Kier alpha value is -3.52. The molecule has 0 aliphatic carbocycles. The van der Waals surface area contributed by atoms with Crippen molar-refractivity contribution in [2.24, 2.45) is 0 Å². The van der Waals surface area contributed by atoms with Gasteiger partial charge in [0.05, 0.1) is 18.3 Å². The minimum Gasteiger partial charge on any atom is -0.376 e. The van der Waals surface area contributed by atoms with Gasteiger partial charge in [0.15, 0.2) is 0 Å². The first-order chi connectivity index (χ1) is 15.4. The molecule has 4 rings (SSSR count). The second-order valence-corrected chi connectivity index (χ2v) is 8.11. The van der Waals surface area contributed by atoms with Crippen molar-refractivity contribution in [1.82, 2.24) is 19.7 Å². The molecule has 0 spiro atoms. The van der Waals surface area contributed by atoms with Gasteiger partial charge in [0.1, 0.15) is 0 Å². The van der Waals surface area contributed by atoms with Gasteiger partial charge in [-0.25, -0.2) is 4.79 Å². The zero-order valence-electron chi connectivity index (χ0n) is 18.2. The third-order valence-corrected chi connectivity index (χ3v) is 5.42. The lowest BCUT2D eigenvalue weighted by molar-refractivity contribution is 0.0849. The van der Waals surface area contributed by atoms with E-state index in [0.29, 0.717) is 18.8 Å². The van der Waals surface area contributed by atoms with Crippen molar-refractivity contribution in [3.63, 3.8) is 0 Å². The minimum atomic E-state index is -0.718. The van der Waals surface area contributed by atoms with E-state index < -0.39 is 17.2 Å². The van der Waals surface area contributed by atoms with Crippen LogP contribution in [0.25, 0.3) is 5.69 Å². The molecule has 1 amide bonds. The molecule has 32 heavy (non-hydrogen) atoms. The quantitative estimate of drug-likeness (QED) is 0.640. The molecule has 1 N–H and O–H groups in total. The summed E-state index contributed by atoms with van der Waals surface area (Å²) >= 11 is 0. The number of aryl methyl sites for hydroxylation is 2. The summed E-state index contributed by atoms with van der Waals surface area (Å²) in [5.41, 5.74) is 1.53. The van der Waals surface area contributed by atoms with Crippen LogP contribution in [0.15, 0.2) is 58.1 Å². The highest BCUT2D eigenvalue weighted by atomic mass is 16.5. The molecule has 8 heteroatoms. The highest BCUT2D eigenvalue weighted by Crippen LogP contribution is 2.12. The zero-order chi connectivity index (χ0) is 22.7. The molecule has 1 aliphatic rings. The summed E-state index contributed by atoms with van der Waals surface area (Å²) in [6.07, 6.45) is 1.73. The van der Waals surface area contributed by atoms with E-state index in [9.17, 15) is 14.4 Å². The number of rotatable bonds is 6. The number of benzene rings is 2. The molecule has 166 valence electrons. The predicted molar refractivity (Wildman–Crippen MR) is 120 cm³/mol. The van der Waals surface area contributed by atoms with Crippen molar-refractivity contribution in [3.8, 4) is 5.69 Å². The SMILES string of the molecule is Cc1cc(C)cc(-n2nc(C(=O)NCC3CCCO3)c(=O)n(Cc3ccccc3)c2=O)c1. The highest BCUT2D eigenvalue weighted by Gasteiger charge is 2.22. The van der Waals surface area contributed by atoms with Gasteiger partial charge in [-0.1, -0.05) is 36.4 Å². The van der Waals surface area contributed by atoms with E-state index in [1.807, 2.05) is 50.2 Å². The fourth-order valence-electron chi connectivity index (χ4n) is 3.90. The average Bonchev–Trinajstić information content (AvgIpc) is 3.29. The number of aromatic nitrogens is 3. The summed E-state index contributed by atoms with van der Waals surface area (Å²) in [4.78, 5) is 39.3. The Labute approximate surface area is 185 Å². The number of hydrogen-bond acceptors (Lipinski definition) is 5. The fraction of sp³-hybridized carbons (Fsp3) is 0.333. The number of amides is 1. The van der Waals surface area contributed by atoms with Gasteiger partial charge in [-0.3, -0.25) is 14.2 Å². The highest BCUT2D eigenvalue weighted by molar-refractivity contribution is 5.91. The lowest BCUT2D eigenvalue weighted by atomic mass is 10.1. The second kappa shape index (κ2) is 9.32. The largest absolute Gasteiger partial charge is 0.376 e. The van der Waals surface area contributed by atoms with Gasteiger partial charge < -0.3 is 10.1 Å². The molecule has 1 unspecified atom stereocenters. The normalized spacial score (nSPS) is 15.6. The topological polar surface area (TPSA) is 95.2 Å². The van der Waals surface area contributed by atoms with E-state index in [-0.39, 0.29) is 18.3 Å². The first-order valence-corrected chi connectivity index (χ1v) is 10.7. The molecule has 8 nitrogen and oxygen atoms in total. The smallest absolute Gasteiger partial charge is 0.352 e. The lowest BCUT2D eigenvalue weighted by Crippen LogP contribution is -2.46.